The van der Waals surface area contributed by atoms with Crippen LogP contribution in [0, 0.1) is 0 Å². The second-order valence-electron chi connectivity index (χ2n) is 0.316. The van der Waals surface area contributed by atoms with E-state index in [4.69, 9.17) is 5.11 Å². The van der Waals surface area contributed by atoms with Crippen LogP contribution in [0.4, 0.5) is 0 Å². The van der Waals surface area contributed by atoms with E-state index in [1.807, 2.05) is 0 Å². The summed E-state index contributed by atoms with van der Waals surface area (Å²) < 4.78 is 0. The Morgan fingerprint density at radius 2 is 1.75 bits per heavy atom. The molecule has 0 bridgehead atoms. The molecule has 0 rings (SSSR count). The van der Waals surface area contributed by atoms with E-state index in [2.05, 4.69) is 0 Å². The molecule has 0 amide bonds. The summed E-state index contributed by atoms with van der Waals surface area (Å²) in [5.41, 5.74) is 0. The van der Waals surface area contributed by atoms with Gasteiger partial charge in [-0.15, -0.1) is 0 Å². The van der Waals surface area contributed by atoms with Gasteiger partial charge in [-0.3, -0.25) is 0 Å². The van der Waals surface area contributed by atoms with Crippen LogP contribution in [-0.2, 0) is 0 Å². The van der Waals surface area contributed by atoms with E-state index in [0.29, 0.717) is 0 Å². The Hall–Kier alpha value is 0.843. The van der Waals surface area contributed by atoms with Crippen molar-refractivity contribution < 1.29 is 5.11 Å². The molecule has 0 aromatic heterocycles. The molecule has 0 aliphatic heterocycles. The third-order valence-electron chi connectivity index (χ3n) is 0. The molecule has 0 saturated heterocycles. The Bertz CT molecular complexity index is 6.00. The summed E-state index contributed by atoms with van der Waals surface area (Å²) in [6.45, 7) is 1.93. The molecule has 2 heteroatoms. The number of aliphatic hydroxyl groups is 1. The maximum atomic E-state index is 7.57. The molecule has 0 saturated carbocycles. The molecule has 0 atom stereocenters. The minimum absolute atomic E-state index is 0. The second kappa shape index (κ2) is 9.14. The monoisotopic (exact) mass is 255 g/mol. The maximum absolute atomic E-state index is 7.57. The van der Waals surface area contributed by atoms with Crippen LogP contribution in [0.25, 0.3) is 0 Å². The predicted molar refractivity (Wildman–Crippen MR) is 18.5 cm³/mol. The predicted octanol–water partition coefficient (Wildman–Crippen LogP) is -0.382. The molecule has 0 fully saturated rings. The van der Waals surface area contributed by atoms with E-state index in [0.717, 1.165) is 0 Å². The number of hydrogen-bond donors (Lipinski definition) is 1. The van der Waals surface area contributed by atoms with Gasteiger partial charge < -0.3 is 5.11 Å². The average Bonchev–Trinajstić information content (AvgIpc) is 0.918. The molecule has 0 spiro atoms. The summed E-state index contributed by atoms with van der Waals surface area (Å²) in [7, 11) is 0. The Morgan fingerprint density at radius 1 is 1.75 bits per heavy atom. The van der Waals surface area contributed by atoms with E-state index in [1.54, 1.807) is 6.92 Å². The van der Waals surface area contributed by atoms with Crippen molar-refractivity contribution in [2.75, 3.05) is 6.61 Å². The third kappa shape index (κ3) is 13.6. The molecule has 3 radical (unpaired) electrons. The molecule has 0 aliphatic rings. The summed E-state index contributed by atoms with van der Waals surface area (Å²) in [5, 5.41) is 7.57. The fraction of sp³-hybridized carbons (Fsp3) is 1.00. The van der Waals surface area contributed by atoms with Crippen LogP contribution < -0.4 is 0 Å². The Labute approximate surface area is 45.1 Å². The molecule has 25 valence electrons. The molecule has 0 heterocycles. The normalized spacial score (nSPS) is 4.50. The van der Waals surface area contributed by atoms with Crippen LogP contribution in [0.5, 0.6) is 0 Å². The van der Waals surface area contributed by atoms with Gasteiger partial charge >= 0.3 is 0 Å². The molecule has 0 aromatic rings. The quantitative estimate of drug-likeness (QED) is 0.585. The van der Waals surface area contributed by atoms with Gasteiger partial charge in [0.2, 0.25) is 0 Å². The first-order chi connectivity index (χ1) is 1.41. The molecule has 0 aliphatic carbocycles. The van der Waals surface area contributed by atoms with E-state index < -0.39 is 0 Å². The van der Waals surface area contributed by atoms with Gasteiger partial charge in [-0.2, -0.15) is 0 Å². The Morgan fingerprint density at radius 3 is 1.75 bits per heavy atom. The fourth-order valence-corrected chi connectivity index (χ4v) is 0. The van der Waals surface area contributed by atoms with Gasteiger partial charge in [-0.25, -0.2) is 0 Å². The first-order valence-electron chi connectivity index (χ1n) is 1.02. The zero-order valence-electron chi connectivity index (χ0n) is 2.60. The molecule has 1 N–H and O–H groups in total. The topological polar surface area (TPSA) is 20.2 Å². The van der Waals surface area contributed by atoms with Crippen LogP contribution >= 0.6 is 0 Å². The van der Waals surface area contributed by atoms with Crippen molar-refractivity contribution in [1.29, 1.82) is 0 Å². The molecule has 1 nitrogen and oxygen atoms in total. The van der Waals surface area contributed by atoms with Crippen LogP contribution in [0.1, 0.15) is 6.92 Å². The third-order valence-corrected chi connectivity index (χ3v) is 0. The summed E-state index contributed by atoms with van der Waals surface area (Å²) in [6.07, 6.45) is 0. The number of rotatable bonds is 0. The van der Waals surface area contributed by atoms with E-state index >= 15 is 0 Å². The zero-order valence-corrected chi connectivity index (χ0v) is 6.08. The van der Waals surface area contributed by atoms with Crippen molar-refractivity contribution in [2.45, 2.75) is 6.92 Å². The SMILES string of the molecule is CCO.[Bi]. The van der Waals surface area contributed by atoms with Gasteiger partial charge in [-0.1, -0.05) is 0 Å². The van der Waals surface area contributed by atoms with Crippen LogP contribution in [0.2, 0.25) is 0 Å². The van der Waals surface area contributed by atoms with Crippen molar-refractivity contribution in [2.24, 2.45) is 0 Å². The van der Waals surface area contributed by atoms with Crippen molar-refractivity contribution in [3.63, 3.8) is 0 Å². The van der Waals surface area contributed by atoms with Gasteiger partial charge in [0.25, 0.3) is 0 Å². The summed E-state index contributed by atoms with van der Waals surface area (Å²) in [4.78, 5) is 0. The van der Waals surface area contributed by atoms with Gasteiger partial charge in [0, 0.05) is 32.8 Å². The van der Waals surface area contributed by atoms with Crippen molar-refractivity contribution in [3.8, 4) is 0 Å². The number of hydrogen-bond acceptors (Lipinski definition) is 1. The van der Waals surface area contributed by atoms with Crippen LogP contribution in [0.3, 0.4) is 0 Å². The van der Waals surface area contributed by atoms with Crippen molar-refractivity contribution in [1.82, 2.24) is 0 Å². The summed E-state index contributed by atoms with van der Waals surface area (Å²) in [5.74, 6) is 0. The van der Waals surface area contributed by atoms with Crippen LogP contribution in [-0.4, -0.2) is 37.9 Å². The first kappa shape index (κ1) is 8.85. The molecule has 0 aromatic carbocycles. The maximum Gasteiger partial charge on any atom is 0.0402 e. The van der Waals surface area contributed by atoms with Gasteiger partial charge in [0.1, 0.15) is 0 Å². The Kier molecular flexibility index (Phi) is 20.2. The van der Waals surface area contributed by atoms with Gasteiger partial charge in [-0.05, 0) is 6.92 Å². The van der Waals surface area contributed by atoms with Gasteiger partial charge in [0.05, 0.1) is 0 Å². The van der Waals surface area contributed by atoms with E-state index in [1.165, 1.54) is 0 Å². The Balaban J connectivity index is 0. The van der Waals surface area contributed by atoms with Crippen molar-refractivity contribution >= 4 is 26.2 Å². The van der Waals surface area contributed by atoms with E-state index in [9.17, 15) is 0 Å². The minimum atomic E-state index is 0. The minimum Gasteiger partial charge on any atom is -0.397 e. The zero-order chi connectivity index (χ0) is 2.71. The second-order valence-corrected chi connectivity index (χ2v) is 0.316. The standard InChI is InChI=1S/C2H6O.Bi/c1-2-3;/h3H,2H2,1H3;. The van der Waals surface area contributed by atoms with E-state index in [-0.39, 0.29) is 32.8 Å². The summed E-state index contributed by atoms with van der Waals surface area (Å²) in [6, 6.07) is 0. The fourth-order valence-electron chi connectivity index (χ4n) is 0. The molecule has 4 heavy (non-hydrogen) atoms. The summed E-state index contributed by atoms with van der Waals surface area (Å²) >= 11 is 0. The number of aliphatic hydroxyl groups excluding tert-OH is 1. The van der Waals surface area contributed by atoms with Crippen LogP contribution in [0.15, 0.2) is 0 Å². The molecule has 0 unspecified atom stereocenters. The molecular weight excluding hydrogens is 249 g/mol. The average molecular weight is 255 g/mol. The smallest absolute Gasteiger partial charge is 0.0402 e. The van der Waals surface area contributed by atoms with Gasteiger partial charge in [0.15, 0.2) is 0 Å². The molecular formula is C2H6BiO. The first-order valence-corrected chi connectivity index (χ1v) is 1.02. The largest absolute Gasteiger partial charge is 0.397 e. The van der Waals surface area contributed by atoms with Crippen molar-refractivity contribution in [3.05, 3.63) is 0 Å².